The average Bonchev–Trinajstić information content (AvgIpc) is 3.36. The number of benzene rings is 3. The Hall–Kier alpha value is -2.94. The highest BCUT2D eigenvalue weighted by Crippen LogP contribution is 2.43. The molecule has 34 heavy (non-hydrogen) atoms. The molecule has 3 aliphatic heterocycles. The van der Waals surface area contributed by atoms with Crippen molar-refractivity contribution in [1.82, 2.24) is 0 Å². The molecule has 3 heterocycles. The lowest BCUT2D eigenvalue weighted by Crippen LogP contribution is -2.61. The van der Waals surface area contributed by atoms with Gasteiger partial charge in [0.1, 0.15) is 29.8 Å². The number of methoxy groups -OCH3 is 1. The molecule has 0 saturated carbocycles. The Labute approximate surface area is 198 Å². The Morgan fingerprint density at radius 1 is 0.618 bits per heavy atom. The smallest absolute Gasteiger partial charge is 0.229 e. The fourth-order valence-corrected chi connectivity index (χ4v) is 4.59. The highest BCUT2D eigenvalue weighted by Gasteiger charge is 2.57. The topological polar surface area (TPSA) is 64.6 Å². The van der Waals surface area contributed by atoms with Crippen molar-refractivity contribution < 1.29 is 33.2 Å². The van der Waals surface area contributed by atoms with Gasteiger partial charge in [-0.05, 0) is 24.3 Å². The standard InChI is InChI=1S/C27H26O7/c1-28-19-12-14-20(15-13-19)30-27-24-23(33-26(34-24)18-10-6-3-7-11-18)22-21(31-27)16-29-25(32-22)17-8-4-2-5-9-17/h2-15,21-27H,16H2,1H3/t21-,22-,23+,24+,25-,26+,27-/m1/s1. The maximum atomic E-state index is 6.43. The normalized spacial score (nSPS) is 32.4. The van der Waals surface area contributed by atoms with E-state index in [1.54, 1.807) is 7.11 Å². The molecule has 7 nitrogen and oxygen atoms in total. The van der Waals surface area contributed by atoms with Gasteiger partial charge in [-0.15, -0.1) is 0 Å². The minimum absolute atomic E-state index is 0.356. The summed E-state index contributed by atoms with van der Waals surface area (Å²) in [7, 11) is 1.63. The van der Waals surface area contributed by atoms with Crippen LogP contribution in [0.1, 0.15) is 23.7 Å². The quantitative estimate of drug-likeness (QED) is 0.557. The Balaban J connectivity index is 1.26. The van der Waals surface area contributed by atoms with Crippen LogP contribution in [0.4, 0.5) is 0 Å². The molecule has 3 aromatic carbocycles. The average molecular weight is 462 g/mol. The Bertz CT molecular complexity index is 1080. The molecule has 0 aromatic heterocycles. The molecule has 3 aliphatic rings. The van der Waals surface area contributed by atoms with Crippen LogP contribution in [0.25, 0.3) is 0 Å². The number of fused-ring (bicyclic) bond motifs is 3. The van der Waals surface area contributed by atoms with Crippen LogP contribution in [-0.4, -0.2) is 44.4 Å². The molecule has 0 radical (unpaired) electrons. The van der Waals surface area contributed by atoms with E-state index < -0.39 is 25.0 Å². The van der Waals surface area contributed by atoms with Crippen molar-refractivity contribution in [1.29, 1.82) is 0 Å². The third kappa shape index (κ3) is 4.17. The summed E-state index contributed by atoms with van der Waals surface area (Å²) in [5, 5.41) is 0. The van der Waals surface area contributed by atoms with Gasteiger partial charge in [0, 0.05) is 11.1 Å². The van der Waals surface area contributed by atoms with E-state index in [1.165, 1.54) is 0 Å². The lowest BCUT2D eigenvalue weighted by Gasteiger charge is -2.45. The zero-order valence-electron chi connectivity index (χ0n) is 18.7. The van der Waals surface area contributed by atoms with Crippen molar-refractivity contribution in [2.75, 3.05) is 13.7 Å². The van der Waals surface area contributed by atoms with Crippen LogP contribution >= 0.6 is 0 Å². The van der Waals surface area contributed by atoms with Gasteiger partial charge in [0.05, 0.1) is 13.7 Å². The minimum Gasteiger partial charge on any atom is -0.497 e. The van der Waals surface area contributed by atoms with Crippen molar-refractivity contribution in [3.8, 4) is 11.5 Å². The van der Waals surface area contributed by atoms with Gasteiger partial charge < -0.3 is 33.2 Å². The highest BCUT2D eigenvalue weighted by atomic mass is 16.8. The second-order valence-electron chi connectivity index (χ2n) is 8.46. The summed E-state index contributed by atoms with van der Waals surface area (Å²) in [5.41, 5.74) is 1.89. The highest BCUT2D eigenvalue weighted by molar-refractivity contribution is 5.31. The Morgan fingerprint density at radius 2 is 1.21 bits per heavy atom. The van der Waals surface area contributed by atoms with Gasteiger partial charge >= 0.3 is 0 Å². The van der Waals surface area contributed by atoms with Crippen LogP contribution in [0.5, 0.6) is 11.5 Å². The van der Waals surface area contributed by atoms with E-state index in [0.29, 0.717) is 12.4 Å². The first-order valence-electron chi connectivity index (χ1n) is 11.4. The summed E-state index contributed by atoms with van der Waals surface area (Å²) in [5.74, 6) is 1.40. The third-order valence-electron chi connectivity index (χ3n) is 6.30. The van der Waals surface area contributed by atoms with Gasteiger partial charge in [0.15, 0.2) is 18.7 Å². The van der Waals surface area contributed by atoms with E-state index >= 15 is 0 Å². The molecular formula is C27H26O7. The van der Waals surface area contributed by atoms with Crippen LogP contribution in [0, 0.1) is 0 Å². The zero-order chi connectivity index (χ0) is 22.9. The predicted molar refractivity (Wildman–Crippen MR) is 121 cm³/mol. The lowest BCUT2D eigenvalue weighted by atomic mass is 9.98. The second-order valence-corrected chi connectivity index (χ2v) is 8.46. The summed E-state index contributed by atoms with van der Waals surface area (Å²) in [6, 6.07) is 27.1. The fourth-order valence-electron chi connectivity index (χ4n) is 4.59. The maximum Gasteiger partial charge on any atom is 0.229 e. The monoisotopic (exact) mass is 462 g/mol. The summed E-state index contributed by atoms with van der Waals surface area (Å²) in [6.07, 6.45) is -3.32. The van der Waals surface area contributed by atoms with Crippen LogP contribution in [0.3, 0.4) is 0 Å². The number of ether oxygens (including phenoxy) is 7. The van der Waals surface area contributed by atoms with Gasteiger partial charge in [-0.1, -0.05) is 60.7 Å². The molecule has 0 bridgehead atoms. The SMILES string of the molecule is COc1ccc(O[C@@H]2O[C@@H]3CO[C@@H](c4ccccc4)O[C@H]3[C@@H]3O[C@H](c4ccccc4)O[C@H]23)cc1. The minimum atomic E-state index is -0.686. The van der Waals surface area contributed by atoms with E-state index in [4.69, 9.17) is 33.2 Å². The molecule has 176 valence electrons. The Kier molecular flexibility index (Phi) is 5.95. The maximum absolute atomic E-state index is 6.43. The first-order chi connectivity index (χ1) is 16.8. The lowest BCUT2D eigenvalue weighted by molar-refractivity contribution is -0.335. The van der Waals surface area contributed by atoms with Crippen molar-refractivity contribution in [2.24, 2.45) is 0 Å². The van der Waals surface area contributed by atoms with E-state index in [1.807, 2.05) is 84.9 Å². The zero-order valence-corrected chi connectivity index (χ0v) is 18.7. The number of rotatable bonds is 5. The summed E-state index contributed by atoms with van der Waals surface area (Å²) < 4.78 is 43.0. The van der Waals surface area contributed by atoms with Crippen molar-refractivity contribution >= 4 is 0 Å². The summed E-state index contributed by atoms with van der Waals surface area (Å²) in [4.78, 5) is 0. The molecule has 0 spiro atoms. The molecule has 0 unspecified atom stereocenters. The van der Waals surface area contributed by atoms with Gasteiger partial charge in [-0.25, -0.2) is 0 Å². The molecular weight excluding hydrogens is 436 g/mol. The first kappa shape index (κ1) is 21.6. The van der Waals surface area contributed by atoms with Gasteiger partial charge in [-0.2, -0.15) is 0 Å². The van der Waals surface area contributed by atoms with Crippen LogP contribution in [-0.2, 0) is 23.7 Å². The van der Waals surface area contributed by atoms with Crippen molar-refractivity contribution in [3.05, 3.63) is 96.1 Å². The van der Waals surface area contributed by atoms with Gasteiger partial charge in [0.25, 0.3) is 0 Å². The molecule has 3 fully saturated rings. The van der Waals surface area contributed by atoms with Crippen molar-refractivity contribution in [3.63, 3.8) is 0 Å². The first-order valence-corrected chi connectivity index (χ1v) is 11.4. The number of hydrogen-bond acceptors (Lipinski definition) is 7. The summed E-state index contributed by atoms with van der Waals surface area (Å²) >= 11 is 0. The van der Waals surface area contributed by atoms with Crippen molar-refractivity contribution in [2.45, 2.75) is 43.3 Å². The number of hydrogen-bond donors (Lipinski definition) is 0. The third-order valence-corrected chi connectivity index (χ3v) is 6.30. The van der Waals surface area contributed by atoms with E-state index in [0.717, 1.165) is 16.9 Å². The molecule has 7 heteroatoms. The Morgan fingerprint density at radius 3 is 1.88 bits per heavy atom. The van der Waals surface area contributed by atoms with E-state index in [9.17, 15) is 0 Å². The van der Waals surface area contributed by atoms with Gasteiger partial charge in [0.2, 0.25) is 6.29 Å². The predicted octanol–water partition coefficient (Wildman–Crippen LogP) is 4.40. The largest absolute Gasteiger partial charge is 0.497 e. The van der Waals surface area contributed by atoms with E-state index in [2.05, 4.69) is 0 Å². The van der Waals surface area contributed by atoms with Crippen LogP contribution in [0.15, 0.2) is 84.9 Å². The summed E-state index contributed by atoms with van der Waals surface area (Å²) in [6.45, 7) is 0.356. The van der Waals surface area contributed by atoms with Gasteiger partial charge in [-0.3, -0.25) is 0 Å². The molecule has 3 aromatic rings. The molecule has 0 N–H and O–H groups in total. The second kappa shape index (κ2) is 9.37. The van der Waals surface area contributed by atoms with Crippen LogP contribution in [0.2, 0.25) is 0 Å². The molecule has 0 amide bonds. The molecule has 3 saturated heterocycles. The van der Waals surface area contributed by atoms with E-state index in [-0.39, 0.29) is 18.3 Å². The molecule has 6 rings (SSSR count). The fraction of sp³-hybridized carbons (Fsp3) is 0.333. The molecule has 7 atom stereocenters. The molecule has 0 aliphatic carbocycles. The van der Waals surface area contributed by atoms with Crippen LogP contribution < -0.4 is 9.47 Å².